The average molecular weight is 504 g/mol. The highest BCUT2D eigenvalue weighted by Gasteiger charge is 2.28. The van der Waals surface area contributed by atoms with Crippen molar-refractivity contribution in [3.05, 3.63) is 101 Å². The van der Waals surface area contributed by atoms with E-state index in [-0.39, 0.29) is 17.9 Å². The molecule has 4 aromatic carbocycles. The number of alkyl halides is 3. The van der Waals surface area contributed by atoms with Crippen molar-refractivity contribution in [2.45, 2.75) is 25.6 Å². The number of fused-ring (bicyclic) bond motifs is 1. The van der Waals surface area contributed by atoms with Gasteiger partial charge in [-0.05, 0) is 70.8 Å². The molecule has 0 aliphatic heterocycles. The van der Waals surface area contributed by atoms with Crippen molar-refractivity contribution in [3.8, 4) is 16.9 Å². The van der Waals surface area contributed by atoms with Crippen LogP contribution in [0.3, 0.4) is 0 Å². The van der Waals surface area contributed by atoms with Crippen molar-refractivity contribution in [1.82, 2.24) is 0 Å². The molecular weight excluding hydrogens is 482 g/mol. The first kappa shape index (κ1) is 25.6. The molecule has 0 spiro atoms. The Morgan fingerprint density at radius 1 is 0.750 bits per heavy atom. The monoisotopic (exact) mass is 504 g/mol. The summed E-state index contributed by atoms with van der Waals surface area (Å²) < 4.78 is 90.8. The van der Waals surface area contributed by atoms with Gasteiger partial charge in [-0.1, -0.05) is 36.4 Å². The van der Waals surface area contributed by atoms with Gasteiger partial charge in [-0.3, -0.25) is 0 Å². The predicted molar refractivity (Wildman–Crippen MR) is 125 cm³/mol. The number of hydrogen-bond acceptors (Lipinski definition) is 2. The molecule has 0 saturated carbocycles. The van der Waals surface area contributed by atoms with Gasteiger partial charge in [0.1, 0.15) is 23.2 Å². The van der Waals surface area contributed by atoms with Gasteiger partial charge in [-0.15, -0.1) is 0 Å². The molecule has 0 bridgehead atoms. The van der Waals surface area contributed by atoms with Crippen molar-refractivity contribution in [2.75, 3.05) is 13.7 Å². The van der Waals surface area contributed by atoms with Crippen LogP contribution in [0.5, 0.6) is 5.75 Å². The summed E-state index contributed by atoms with van der Waals surface area (Å²) in [5.74, 6) is -1.79. The van der Waals surface area contributed by atoms with Gasteiger partial charge in [0.25, 0.3) is 0 Å². The number of hydrogen-bond donors (Lipinski definition) is 0. The summed E-state index contributed by atoms with van der Waals surface area (Å²) in [4.78, 5) is 0. The van der Waals surface area contributed by atoms with Gasteiger partial charge in [0.2, 0.25) is 0 Å². The fourth-order valence-electron chi connectivity index (χ4n) is 4.03. The zero-order chi connectivity index (χ0) is 25.9. The van der Waals surface area contributed by atoms with Gasteiger partial charge in [0.15, 0.2) is 6.61 Å². The third-order valence-electron chi connectivity index (χ3n) is 5.74. The molecule has 0 amide bonds. The molecule has 188 valence electrons. The fourth-order valence-corrected chi connectivity index (χ4v) is 4.03. The minimum atomic E-state index is -4.41. The van der Waals surface area contributed by atoms with Gasteiger partial charge in [-0.2, -0.15) is 13.2 Å². The summed E-state index contributed by atoms with van der Waals surface area (Å²) in [6.07, 6.45) is -3.59. The van der Waals surface area contributed by atoms with E-state index in [4.69, 9.17) is 9.47 Å². The minimum absolute atomic E-state index is 0.0792. The standard InChI is InChI=1S/C28H22F6O2/c1-35-15-18-12-24(29)26(25(30)13-18)21-8-11-23-20(14-21)7-6-19(27(23)31)5-2-17-3-9-22(10-4-17)36-16-28(32,33)34/h3-4,6-14H,2,5,15-16H2,1H3. The van der Waals surface area contributed by atoms with Crippen molar-refractivity contribution >= 4 is 10.8 Å². The molecule has 4 aromatic rings. The van der Waals surface area contributed by atoms with Crippen molar-refractivity contribution < 1.29 is 35.8 Å². The minimum Gasteiger partial charge on any atom is -0.484 e. The van der Waals surface area contributed by atoms with Gasteiger partial charge >= 0.3 is 6.18 Å². The first-order chi connectivity index (χ1) is 17.1. The predicted octanol–water partition coefficient (Wildman–Crippen LogP) is 7.80. The second kappa shape index (κ2) is 10.6. The second-order valence-corrected chi connectivity index (χ2v) is 8.39. The molecule has 0 N–H and O–H groups in total. The SMILES string of the molecule is COCc1cc(F)c(-c2ccc3c(F)c(CCc4ccc(OCC(F)(F)F)cc4)ccc3c2)c(F)c1. The van der Waals surface area contributed by atoms with Crippen LogP contribution in [0.15, 0.2) is 66.7 Å². The van der Waals surface area contributed by atoms with Gasteiger partial charge < -0.3 is 9.47 Å². The summed E-state index contributed by atoms with van der Waals surface area (Å²) in [7, 11) is 1.43. The first-order valence-corrected chi connectivity index (χ1v) is 11.1. The molecule has 0 fully saturated rings. The topological polar surface area (TPSA) is 18.5 Å². The third-order valence-corrected chi connectivity index (χ3v) is 5.74. The molecule has 36 heavy (non-hydrogen) atoms. The third kappa shape index (κ3) is 5.99. The van der Waals surface area contributed by atoms with Gasteiger partial charge in [0, 0.05) is 12.5 Å². The summed E-state index contributed by atoms with van der Waals surface area (Å²) in [6.45, 7) is -1.29. The molecule has 0 heterocycles. The molecule has 0 aliphatic rings. The molecule has 4 rings (SSSR count). The van der Waals surface area contributed by atoms with Crippen molar-refractivity contribution in [1.29, 1.82) is 0 Å². The van der Waals surface area contributed by atoms with Crippen LogP contribution in [0.1, 0.15) is 16.7 Å². The number of aryl methyl sites for hydroxylation is 2. The summed E-state index contributed by atoms with van der Waals surface area (Å²) in [6, 6.07) is 16.4. The molecule has 0 unspecified atom stereocenters. The van der Waals surface area contributed by atoms with Crippen molar-refractivity contribution in [3.63, 3.8) is 0 Å². The molecule has 0 aliphatic carbocycles. The van der Waals surface area contributed by atoms with Crippen LogP contribution in [-0.2, 0) is 24.2 Å². The Bertz CT molecular complexity index is 1340. The van der Waals surface area contributed by atoms with Crippen LogP contribution in [0.2, 0.25) is 0 Å². The zero-order valence-corrected chi connectivity index (χ0v) is 19.3. The maximum Gasteiger partial charge on any atom is 0.422 e. The maximum absolute atomic E-state index is 15.2. The molecule has 2 nitrogen and oxygen atoms in total. The van der Waals surface area contributed by atoms with E-state index >= 15 is 4.39 Å². The van der Waals surface area contributed by atoms with Crippen LogP contribution in [0.4, 0.5) is 26.3 Å². The highest BCUT2D eigenvalue weighted by molar-refractivity contribution is 5.88. The quantitative estimate of drug-likeness (QED) is 0.228. The van der Waals surface area contributed by atoms with Crippen LogP contribution >= 0.6 is 0 Å². The highest BCUT2D eigenvalue weighted by atomic mass is 19.4. The van der Waals surface area contributed by atoms with Crippen LogP contribution < -0.4 is 4.74 Å². The lowest BCUT2D eigenvalue weighted by molar-refractivity contribution is -0.153. The Kier molecular flexibility index (Phi) is 7.54. The van der Waals surface area contributed by atoms with E-state index in [1.165, 1.54) is 43.5 Å². The Hall–Kier alpha value is -3.52. The first-order valence-electron chi connectivity index (χ1n) is 11.1. The second-order valence-electron chi connectivity index (χ2n) is 8.39. The lowest BCUT2D eigenvalue weighted by Crippen LogP contribution is -2.19. The summed E-state index contributed by atoms with van der Waals surface area (Å²) in [5, 5.41) is 0.823. The van der Waals surface area contributed by atoms with E-state index in [2.05, 4.69) is 0 Å². The summed E-state index contributed by atoms with van der Waals surface area (Å²) >= 11 is 0. The normalized spacial score (nSPS) is 11.8. The largest absolute Gasteiger partial charge is 0.484 e. The molecule has 0 saturated heterocycles. The number of methoxy groups -OCH3 is 1. The number of halogens is 6. The van der Waals surface area contributed by atoms with E-state index in [1.807, 2.05) is 0 Å². The molecule has 0 atom stereocenters. The Morgan fingerprint density at radius 2 is 1.44 bits per heavy atom. The maximum atomic E-state index is 15.2. The van der Waals surface area contributed by atoms with Gasteiger partial charge in [0.05, 0.1) is 12.2 Å². The zero-order valence-electron chi connectivity index (χ0n) is 19.3. The van der Waals surface area contributed by atoms with E-state index in [0.29, 0.717) is 40.3 Å². The Morgan fingerprint density at radius 3 is 2.08 bits per heavy atom. The van der Waals surface area contributed by atoms with Gasteiger partial charge in [-0.25, -0.2) is 13.2 Å². The number of ether oxygens (including phenoxy) is 2. The van der Waals surface area contributed by atoms with E-state index in [0.717, 1.165) is 5.56 Å². The Balaban J connectivity index is 1.50. The Labute approximate surface area is 204 Å². The van der Waals surface area contributed by atoms with Crippen LogP contribution in [0, 0.1) is 17.5 Å². The van der Waals surface area contributed by atoms with E-state index in [9.17, 15) is 22.0 Å². The molecule has 0 aromatic heterocycles. The van der Waals surface area contributed by atoms with Crippen molar-refractivity contribution in [2.24, 2.45) is 0 Å². The number of benzene rings is 4. The van der Waals surface area contributed by atoms with Crippen LogP contribution in [0.25, 0.3) is 21.9 Å². The molecular formula is C28H22F6O2. The highest BCUT2D eigenvalue weighted by Crippen LogP contribution is 2.32. The van der Waals surface area contributed by atoms with Crippen LogP contribution in [-0.4, -0.2) is 19.9 Å². The molecule has 0 radical (unpaired) electrons. The average Bonchev–Trinajstić information content (AvgIpc) is 2.82. The number of rotatable bonds is 8. The van der Waals surface area contributed by atoms with E-state index < -0.39 is 30.2 Å². The lowest BCUT2D eigenvalue weighted by Gasteiger charge is -2.12. The summed E-state index contributed by atoms with van der Waals surface area (Å²) in [5.41, 5.74) is 1.74. The smallest absolute Gasteiger partial charge is 0.422 e. The lowest BCUT2D eigenvalue weighted by atomic mass is 9.96. The molecule has 8 heteroatoms. The van der Waals surface area contributed by atoms with E-state index in [1.54, 1.807) is 30.3 Å². The fraction of sp³-hybridized carbons (Fsp3) is 0.214.